The quantitative estimate of drug-likeness (QED) is 0.640. The SMILES string of the molecule is CCOc1cncc(-c2ccc(NC(=O)C3(c4ccnc(C)n4)CCCCC3)nc2)n1.[HH]. The normalized spacial score (nSPS) is 15.3. The molecule has 0 unspecified atom stereocenters. The summed E-state index contributed by atoms with van der Waals surface area (Å²) in [5.74, 6) is 1.58. The molecular formula is C23H28N6O2. The lowest BCUT2D eigenvalue weighted by Gasteiger charge is -2.35. The van der Waals surface area contributed by atoms with Gasteiger partial charge in [-0.05, 0) is 44.9 Å². The highest BCUT2D eigenvalue weighted by Gasteiger charge is 2.42. The van der Waals surface area contributed by atoms with Crippen LogP contribution in [0.2, 0.25) is 0 Å². The molecule has 0 aliphatic heterocycles. The second-order valence-corrected chi connectivity index (χ2v) is 7.69. The average Bonchev–Trinajstić information content (AvgIpc) is 2.80. The van der Waals surface area contributed by atoms with E-state index < -0.39 is 5.41 Å². The van der Waals surface area contributed by atoms with E-state index in [0.717, 1.165) is 43.4 Å². The van der Waals surface area contributed by atoms with Gasteiger partial charge in [0.25, 0.3) is 0 Å². The van der Waals surface area contributed by atoms with Crippen LogP contribution in [-0.4, -0.2) is 37.4 Å². The first-order chi connectivity index (χ1) is 15.1. The number of pyridine rings is 1. The van der Waals surface area contributed by atoms with Crippen molar-refractivity contribution < 1.29 is 11.0 Å². The van der Waals surface area contributed by atoms with Gasteiger partial charge >= 0.3 is 0 Å². The third-order valence-corrected chi connectivity index (χ3v) is 5.61. The Morgan fingerprint density at radius 1 is 1.10 bits per heavy atom. The Morgan fingerprint density at radius 2 is 1.94 bits per heavy atom. The van der Waals surface area contributed by atoms with Crippen LogP contribution in [-0.2, 0) is 10.2 Å². The zero-order valence-corrected chi connectivity index (χ0v) is 17.8. The van der Waals surface area contributed by atoms with Crippen LogP contribution in [0.25, 0.3) is 11.3 Å². The topological polar surface area (TPSA) is 103 Å². The number of carbonyl (C=O) groups excluding carboxylic acids is 1. The summed E-state index contributed by atoms with van der Waals surface area (Å²) in [7, 11) is 0. The lowest BCUT2D eigenvalue weighted by molar-refractivity contribution is -0.123. The number of amides is 1. The monoisotopic (exact) mass is 420 g/mol. The molecule has 1 fully saturated rings. The first kappa shape index (κ1) is 20.8. The van der Waals surface area contributed by atoms with E-state index in [9.17, 15) is 4.79 Å². The van der Waals surface area contributed by atoms with Crippen molar-refractivity contribution in [3.05, 3.63) is 54.5 Å². The predicted octanol–water partition coefficient (Wildman–Crippen LogP) is 4.12. The van der Waals surface area contributed by atoms with Crippen molar-refractivity contribution in [3.8, 4) is 17.1 Å². The largest absolute Gasteiger partial charge is 0.477 e. The van der Waals surface area contributed by atoms with E-state index in [1.54, 1.807) is 30.9 Å². The van der Waals surface area contributed by atoms with Gasteiger partial charge in [0.15, 0.2) is 0 Å². The molecule has 0 radical (unpaired) electrons. The van der Waals surface area contributed by atoms with E-state index >= 15 is 0 Å². The molecule has 3 heterocycles. The first-order valence-electron chi connectivity index (χ1n) is 10.6. The highest BCUT2D eigenvalue weighted by molar-refractivity contribution is 5.98. The Morgan fingerprint density at radius 3 is 2.65 bits per heavy atom. The number of hydrogen-bond acceptors (Lipinski definition) is 7. The molecule has 0 saturated heterocycles. The zero-order valence-electron chi connectivity index (χ0n) is 17.8. The Labute approximate surface area is 183 Å². The Balaban J connectivity index is 0.00000289. The summed E-state index contributed by atoms with van der Waals surface area (Å²) >= 11 is 0. The summed E-state index contributed by atoms with van der Waals surface area (Å²) in [4.78, 5) is 35.2. The molecule has 1 amide bonds. The summed E-state index contributed by atoms with van der Waals surface area (Å²) in [5.41, 5.74) is 1.60. The van der Waals surface area contributed by atoms with Crippen molar-refractivity contribution in [2.75, 3.05) is 11.9 Å². The van der Waals surface area contributed by atoms with Gasteiger partial charge in [-0.2, -0.15) is 0 Å². The summed E-state index contributed by atoms with van der Waals surface area (Å²) in [5, 5.41) is 3.01. The fourth-order valence-electron chi connectivity index (χ4n) is 4.04. The average molecular weight is 421 g/mol. The third-order valence-electron chi connectivity index (χ3n) is 5.61. The predicted molar refractivity (Wildman–Crippen MR) is 119 cm³/mol. The highest BCUT2D eigenvalue weighted by atomic mass is 16.5. The molecule has 0 aromatic carbocycles. The number of aryl methyl sites for hydroxylation is 1. The van der Waals surface area contributed by atoms with Gasteiger partial charge in [-0.25, -0.2) is 19.9 Å². The molecule has 8 nitrogen and oxygen atoms in total. The number of carbonyl (C=O) groups is 1. The summed E-state index contributed by atoms with van der Waals surface area (Å²) in [6.45, 7) is 4.27. The molecule has 0 bridgehead atoms. The van der Waals surface area contributed by atoms with E-state index in [4.69, 9.17) is 4.74 Å². The van der Waals surface area contributed by atoms with Crippen LogP contribution in [0.5, 0.6) is 5.88 Å². The lowest BCUT2D eigenvalue weighted by atomic mass is 9.71. The van der Waals surface area contributed by atoms with E-state index in [1.807, 2.05) is 26.0 Å². The molecule has 1 N–H and O–H groups in total. The number of nitrogens with zero attached hydrogens (tertiary/aromatic N) is 5. The number of anilines is 1. The molecule has 3 aromatic rings. The minimum atomic E-state index is -0.649. The molecule has 162 valence electrons. The molecule has 1 aliphatic carbocycles. The lowest BCUT2D eigenvalue weighted by Crippen LogP contribution is -2.43. The molecule has 4 rings (SSSR count). The minimum absolute atomic E-state index is 0. The van der Waals surface area contributed by atoms with Gasteiger partial charge in [-0.1, -0.05) is 19.3 Å². The minimum Gasteiger partial charge on any atom is -0.477 e. The van der Waals surface area contributed by atoms with E-state index in [1.165, 1.54) is 0 Å². The van der Waals surface area contributed by atoms with Crippen molar-refractivity contribution in [1.82, 2.24) is 24.9 Å². The Bertz CT molecular complexity index is 1050. The summed E-state index contributed by atoms with van der Waals surface area (Å²) in [6.07, 6.45) is 11.3. The fourth-order valence-corrected chi connectivity index (χ4v) is 4.04. The first-order valence-corrected chi connectivity index (χ1v) is 10.6. The highest BCUT2D eigenvalue weighted by Crippen LogP contribution is 2.39. The van der Waals surface area contributed by atoms with Gasteiger partial charge in [0.1, 0.15) is 11.6 Å². The smallest absolute Gasteiger partial charge is 0.237 e. The molecule has 0 spiro atoms. The maximum absolute atomic E-state index is 13.4. The van der Waals surface area contributed by atoms with Gasteiger partial charge in [0, 0.05) is 19.4 Å². The van der Waals surface area contributed by atoms with E-state index in [2.05, 4.69) is 30.2 Å². The van der Waals surface area contributed by atoms with Gasteiger partial charge in [0.05, 0.1) is 35.8 Å². The number of ether oxygens (including phenoxy) is 1. The maximum Gasteiger partial charge on any atom is 0.237 e. The molecule has 31 heavy (non-hydrogen) atoms. The second kappa shape index (κ2) is 9.16. The number of rotatable bonds is 6. The number of hydrogen-bond donors (Lipinski definition) is 1. The van der Waals surface area contributed by atoms with Crippen molar-refractivity contribution in [3.63, 3.8) is 0 Å². The van der Waals surface area contributed by atoms with Crippen molar-refractivity contribution in [2.24, 2.45) is 0 Å². The molecule has 0 atom stereocenters. The van der Waals surface area contributed by atoms with E-state index in [-0.39, 0.29) is 7.33 Å². The standard InChI is InChI=1S/C23H26N6O2.H2/c1-3-31-21-15-24-14-18(28-21)17-7-8-20(26-13-17)29-22(30)23(10-5-4-6-11-23)19-9-12-25-16(2)27-19;/h7-9,12-15H,3-6,10-11H2,1-2H3,(H,26,29,30);1H. The molecule has 1 saturated carbocycles. The van der Waals surface area contributed by atoms with Crippen molar-refractivity contribution in [1.29, 1.82) is 0 Å². The maximum atomic E-state index is 13.4. The molecule has 3 aromatic heterocycles. The van der Waals surface area contributed by atoms with Crippen LogP contribution >= 0.6 is 0 Å². The van der Waals surface area contributed by atoms with Crippen LogP contribution in [0, 0.1) is 6.92 Å². The van der Waals surface area contributed by atoms with E-state index in [0.29, 0.717) is 29.8 Å². The Hall–Kier alpha value is -3.42. The fraction of sp³-hybridized carbons (Fsp3) is 0.391. The zero-order chi connectivity index (χ0) is 21.7. The molecule has 1 aliphatic rings. The van der Waals surface area contributed by atoms with Crippen LogP contribution in [0.4, 0.5) is 5.82 Å². The number of nitrogens with one attached hydrogen (secondary N) is 1. The molecular weight excluding hydrogens is 392 g/mol. The van der Waals surface area contributed by atoms with Gasteiger partial charge < -0.3 is 10.1 Å². The second-order valence-electron chi connectivity index (χ2n) is 7.69. The van der Waals surface area contributed by atoms with Crippen LogP contribution in [0.3, 0.4) is 0 Å². The molecule has 8 heteroatoms. The third kappa shape index (κ3) is 4.52. The summed E-state index contributed by atoms with van der Waals surface area (Å²) in [6, 6.07) is 5.51. The van der Waals surface area contributed by atoms with Gasteiger partial charge in [-0.3, -0.25) is 9.78 Å². The van der Waals surface area contributed by atoms with Crippen LogP contribution in [0.1, 0.15) is 52.0 Å². The van der Waals surface area contributed by atoms with Gasteiger partial charge in [-0.15, -0.1) is 0 Å². The van der Waals surface area contributed by atoms with Crippen molar-refractivity contribution in [2.45, 2.75) is 51.4 Å². The number of aromatic nitrogens is 5. The van der Waals surface area contributed by atoms with Gasteiger partial charge in [0.2, 0.25) is 11.8 Å². The Kier molecular flexibility index (Phi) is 6.16. The summed E-state index contributed by atoms with van der Waals surface area (Å²) < 4.78 is 5.41. The van der Waals surface area contributed by atoms with Crippen molar-refractivity contribution >= 4 is 11.7 Å². The van der Waals surface area contributed by atoms with Crippen LogP contribution < -0.4 is 10.1 Å². The van der Waals surface area contributed by atoms with Crippen LogP contribution in [0.15, 0.2) is 43.0 Å².